The Balaban J connectivity index is 1.75. The van der Waals surface area contributed by atoms with Gasteiger partial charge in [-0.05, 0) is 31.3 Å². The fourth-order valence-electron chi connectivity index (χ4n) is 2.86. The van der Waals surface area contributed by atoms with Gasteiger partial charge in [0.25, 0.3) is 0 Å². The molecule has 2 aliphatic rings. The van der Waals surface area contributed by atoms with Crippen molar-refractivity contribution in [2.75, 3.05) is 38.2 Å². The molecule has 92 valence electrons. The van der Waals surface area contributed by atoms with Gasteiger partial charge in [0.15, 0.2) is 0 Å². The highest BCUT2D eigenvalue weighted by Gasteiger charge is 2.33. The first-order valence-corrected chi connectivity index (χ1v) is 6.18. The van der Waals surface area contributed by atoms with Gasteiger partial charge in [-0.1, -0.05) is 0 Å². The van der Waals surface area contributed by atoms with Crippen LogP contribution >= 0.6 is 0 Å². The molecular weight excluding hydrogens is 216 g/mol. The van der Waals surface area contributed by atoms with Crippen molar-refractivity contribution in [1.29, 1.82) is 0 Å². The molecule has 0 spiro atoms. The highest BCUT2D eigenvalue weighted by Crippen LogP contribution is 2.29. The molecule has 2 atom stereocenters. The Morgan fingerprint density at radius 1 is 1.35 bits per heavy atom. The normalized spacial score (nSPS) is 27.9. The van der Waals surface area contributed by atoms with E-state index in [9.17, 15) is 0 Å². The standard InChI is InChI=1S/C12H18N4O/c1-17-12-4-11(14-8-15-12)16-3-2-9-5-13-6-10(9)7-16/h4,8-10,13H,2-3,5-7H2,1H3. The summed E-state index contributed by atoms with van der Waals surface area (Å²) in [5, 5.41) is 3.47. The zero-order valence-corrected chi connectivity index (χ0v) is 10.1. The van der Waals surface area contributed by atoms with Crippen molar-refractivity contribution in [3.05, 3.63) is 12.4 Å². The third kappa shape index (κ3) is 2.07. The fourth-order valence-corrected chi connectivity index (χ4v) is 2.86. The Morgan fingerprint density at radius 2 is 2.24 bits per heavy atom. The van der Waals surface area contributed by atoms with Crippen LogP contribution in [0.1, 0.15) is 6.42 Å². The maximum Gasteiger partial charge on any atom is 0.218 e. The van der Waals surface area contributed by atoms with Crippen LogP contribution in [0.25, 0.3) is 0 Å². The van der Waals surface area contributed by atoms with Crippen LogP contribution < -0.4 is 15.0 Å². The first-order valence-electron chi connectivity index (χ1n) is 6.18. The predicted octanol–water partition coefficient (Wildman–Crippen LogP) is 0.531. The Labute approximate surface area is 101 Å². The van der Waals surface area contributed by atoms with Crippen LogP contribution in [0.15, 0.2) is 12.4 Å². The zero-order chi connectivity index (χ0) is 11.7. The second kappa shape index (κ2) is 4.49. The number of methoxy groups -OCH3 is 1. The lowest BCUT2D eigenvalue weighted by molar-refractivity contribution is 0.346. The summed E-state index contributed by atoms with van der Waals surface area (Å²) in [6, 6.07) is 1.92. The largest absolute Gasteiger partial charge is 0.481 e. The van der Waals surface area contributed by atoms with Crippen molar-refractivity contribution in [2.45, 2.75) is 6.42 Å². The van der Waals surface area contributed by atoms with Crippen LogP contribution in [-0.4, -0.2) is 43.3 Å². The van der Waals surface area contributed by atoms with E-state index >= 15 is 0 Å². The summed E-state index contributed by atoms with van der Waals surface area (Å²) in [6.45, 7) is 4.51. The Bertz CT molecular complexity index is 398. The molecule has 2 saturated heterocycles. The van der Waals surface area contributed by atoms with Crippen LogP contribution in [0, 0.1) is 11.8 Å². The minimum absolute atomic E-state index is 0.640. The highest BCUT2D eigenvalue weighted by atomic mass is 16.5. The lowest BCUT2D eigenvalue weighted by Gasteiger charge is -2.35. The summed E-state index contributed by atoms with van der Waals surface area (Å²) in [6.07, 6.45) is 2.83. The van der Waals surface area contributed by atoms with Crippen molar-refractivity contribution in [2.24, 2.45) is 11.8 Å². The molecule has 0 radical (unpaired) electrons. The Kier molecular flexibility index (Phi) is 2.84. The number of aromatic nitrogens is 2. The number of hydrogen-bond donors (Lipinski definition) is 1. The van der Waals surface area contributed by atoms with E-state index < -0.39 is 0 Å². The summed E-state index contributed by atoms with van der Waals surface area (Å²) >= 11 is 0. The molecule has 17 heavy (non-hydrogen) atoms. The van der Waals surface area contributed by atoms with Crippen LogP contribution in [0.4, 0.5) is 5.82 Å². The lowest BCUT2D eigenvalue weighted by atomic mass is 9.89. The van der Waals surface area contributed by atoms with E-state index in [-0.39, 0.29) is 0 Å². The summed E-state index contributed by atoms with van der Waals surface area (Å²) in [7, 11) is 1.64. The van der Waals surface area contributed by atoms with Crippen molar-refractivity contribution >= 4 is 5.82 Å². The van der Waals surface area contributed by atoms with Gasteiger partial charge in [-0.2, -0.15) is 0 Å². The molecular formula is C12H18N4O. The summed E-state index contributed by atoms with van der Waals surface area (Å²) in [4.78, 5) is 10.7. The first kappa shape index (κ1) is 10.8. The molecule has 2 unspecified atom stereocenters. The number of fused-ring (bicyclic) bond motifs is 1. The first-order chi connectivity index (χ1) is 8.36. The molecule has 0 amide bonds. The van der Waals surface area contributed by atoms with Crippen LogP contribution in [0.2, 0.25) is 0 Å². The van der Waals surface area contributed by atoms with E-state index in [1.807, 2.05) is 6.07 Å². The van der Waals surface area contributed by atoms with E-state index in [0.717, 1.165) is 37.3 Å². The maximum atomic E-state index is 5.14. The second-order valence-electron chi connectivity index (χ2n) is 4.83. The number of nitrogens with zero attached hydrogens (tertiary/aromatic N) is 3. The van der Waals surface area contributed by atoms with Crippen LogP contribution in [0.5, 0.6) is 5.88 Å². The molecule has 1 aromatic heterocycles. The minimum atomic E-state index is 0.640. The average molecular weight is 234 g/mol. The predicted molar refractivity (Wildman–Crippen MR) is 65.3 cm³/mol. The van der Waals surface area contributed by atoms with Gasteiger partial charge >= 0.3 is 0 Å². The quantitative estimate of drug-likeness (QED) is 0.809. The van der Waals surface area contributed by atoms with Gasteiger partial charge in [0.2, 0.25) is 5.88 Å². The van der Waals surface area contributed by atoms with Gasteiger partial charge in [-0.25, -0.2) is 9.97 Å². The number of rotatable bonds is 2. The monoisotopic (exact) mass is 234 g/mol. The molecule has 0 aromatic carbocycles. The molecule has 0 bridgehead atoms. The Hall–Kier alpha value is -1.36. The minimum Gasteiger partial charge on any atom is -0.481 e. The number of piperidine rings is 1. The smallest absolute Gasteiger partial charge is 0.218 e. The van der Waals surface area contributed by atoms with Gasteiger partial charge in [-0.3, -0.25) is 0 Å². The van der Waals surface area contributed by atoms with Gasteiger partial charge in [0, 0.05) is 19.2 Å². The Morgan fingerprint density at radius 3 is 3.12 bits per heavy atom. The summed E-state index contributed by atoms with van der Waals surface area (Å²) in [5.74, 6) is 3.25. The van der Waals surface area contributed by atoms with E-state index in [0.29, 0.717) is 5.88 Å². The van der Waals surface area contributed by atoms with E-state index in [1.54, 1.807) is 13.4 Å². The van der Waals surface area contributed by atoms with Gasteiger partial charge in [0.1, 0.15) is 12.1 Å². The average Bonchev–Trinajstić information content (AvgIpc) is 2.86. The maximum absolute atomic E-state index is 5.14. The van der Waals surface area contributed by atoms with Crippen molar-refractivity contribution in [1.82, 2.24) is 15.3 Å². The molecule has 2 aliphatic heterocycles. The third-order valence-electron chi connectivity index (χ3n) is 3.87. The highest BCUT2D eigenvalue weighted by molar-refractivity contribution is 5.41. The molecule has 0 aliphatic carbocycles. The van der Waals surface area contributed by atoms with E-state index in [2.05, 4.69) is 20.2 Å². The molecule has 1 aromatic rings. The van der Waals surface area contributed by atoms with Crippen molar-refractivity contribution < 1.29 is 4.74 Å². The molecule has 3 heterocycles. The number of hydrogen-bond acceptors (Lipinski definition) is 5. The second-order valence-corrected chi connectivity index (χ2v) is 4.83. The van der Waals surface area contributed by atoms with Gasteiger partial charge in [-0.15, -0.1) is 0 Å². The molecule has 2 fully saturated rings. The topological polar surface area (TPSA) is 50.3 Å². The molecule has 5 heteroatoms. The van der Waals surface area contributed by atoms with E-state index in [4.69, 9.17) is 4.74 Å². The fraction of sp³-hybridized carbons (Fsp3) is 0.667. The SMILES string of the molecule is COc1cc(N2CCC3CNCC3C2)ncn1. The number of nitrogens with one attached hydrogen (secondary N) is 1. The molecule has 0 saturated carbocycles. The summed E-state index contributed by atoms with van der Waals surface area (Å²) < 4.78 is 5.14. The molecule has 1 N–H and O–H groups in total. The number of ether oxygens (including phenoxy) is 1. The molecule has 5 nitrogen and oxygen atoms in total. The number of anilines is 1. The lowest BCUT2D eigenvalue weighted by Crippen LogP contribution is -2.40. The molecule has 3 rings (SSSR count). The van der Waals surface area contributed by atoms with Gasteiger partial charge < -0.3 is 15.0 Å². The van der Waals surface area contributed by atoms with Gasteiger partial charge in [0.05, 0.1) is 7.11 Å². The zero-order valence-electron chi connectivity index (χ0n) is 10.1. The van der Waals surface area contributed by atoms with Crippen LogP contribution in [0.3, 0.4) is 0 Å². The van der Waals surface area contributed by atoms with E-state index in [1.165, 1.54) is 13.0 Å². The third-order valence-corrected chi connectivity index (χ3v) is 3.87. The van der Waals surface area contributed by atoms with Crippen molar-refractivity contribution in [3.63, 3.8) is 0 Å². The summed E-state index contributed by atoms with van der Waals surface area (Å²) in [5.41, 5.74) is 0. The van der Waals surface area contributed by atoms with Crippen molar-refractivity contribution in [3.8, 4) is 5.88 Å². The van der Waals surface area contributed by atoms with Crippen LogP contribution in [-0.2, 0) is 0 Å².